The van der Waals surface area contributed by atoms with Gasteiger partial charge in [0.05, 0.1) is 13.0 Å². The van der Waals surface area contributed by atoms with Gasteiger partial charge in [0, 0.05) is 42.9 Å². The molecule has 3 heterocycles. The number of carbonyl (C=O) groups excluding carboxylic acids is 2. The number of benzene rings is 2. The van der Waals surface area contributed by atoms with Crippen molar-refractivity contribution in [3.05, 3.63) is 53.9 Å². The molecule has 176 valence electrons. The van der Waals surface area contributed by atoms with Crippen molar-refractivity contribution in [2.75, 3.05) is 23.9 Å². The molecule has 0 aliphatic carbocycles. The fraction of sp³-hybridized carbons (Fsp3) is 0.385. The number of nitrogens with zero attached hydrogens (tertiary/aromatic N) is 4. The van der Waals surface area contributed by atoms with E-state index in [0.717, 1.165) is 65.7 Å². The van der Waals surface area contributed by atoms with Crippen LogP contribution >= 0.6 is 0 Å². The van der Waals surface area contributed by atoms with E-state index in [2.05, 4.69) is 20.1 Å². The summed E-state index contributed by atoms with van der Waals surface area (Å²) >= 11 is 0. The zero-order chi connectivity index (χ0) is 23.7. The predicted octanol–water partition coefficient (Wildman–Crippen LogP) is 3.98. The molecule has 0 spiro atoms. The maximum atomic E-state index is 13.1. The van der Waals surface area contributed by atoms with Crippen LogP contribution in [0.1, 0.15) is 37.1 Å². The molecule has 2 aliphatic heterocycles. The molecular weight excluding hydrogens is 430 g/mol. The number of aryl methyl sites for hydroxylation is 2. The summed E-state index contributed by atoms with van der Waals surface area (Å²) in [5.74, 6) is 1.98. The zero-order valence-electron chi connectivity index (χ0n) is 19.6. The summed E-state index contributed by atoms with van der Waals surface area (Å²) in [6.45, 7) is 3.24. The van der Waals surface area contributed by atoms with Crippen molar-refractivity contribution in [1.82, 2.24) is 14.8 Å². The number of carbonyl (C=O) groups is 2. The predicted molar refractivity (Wildman–Crippen MR) is 130 cm³/mol. The van der Waals surface area contributed by atoms with E-state index in [1.165, 1.54) is 6.42 Å². The normalized spacial score (nSPS) is 17.9. The molecule has 2 aromatic carbocycles. The minimum Gasteiger partial charge on any atom is -0.497 e. The van der Waals surface area contributed by atoms with Crippen molar-refractivity contribution in [1.29, 1.82) is 0 Å². The summed E-state index contributed by atoms with van der Waals surface area (Å²) in [4.78, 5) is 27.4. The van der Waals surface area contributed by atoms with E-state index in [-0.39, 0.29) is 18.2 Å². The van der Waals surface area contributed by atoms with Crippen LogP contribution < -0.4 is 15.0 Å². The van der Waals surface area contributed by atoms with Gasteiger partial charge in [0.1, 0.15) is 11.6 Å². The monoisotopic (exact) mass is 459 g/mol. The number of hydrogen-bond acceptors (Lipinski definition) is 5. The van der Waals surface area contributed by atoms with Crippen molar-refractivity contribution in [3.63, 3.8) is 0 Å². The Morgan fingerprint density at radius 3 is 2.71 bits per heavy atom. The van der Waals surface area contributed by atoms with Gasteiger partial charge in [-0.15, -0.1) is 10.2 Å². The molecule has 3 aromatic rings. The molecule has 2 amide bonds. The first-order valence-electron chi connectivity index (χ1n) is 11.8. The fourth-order valence-electron chi connectivity index (χ4n) is 4.72. The van der Waals surface area contributed by atoms with Crippen LogP contribution in [-0.4, -0.2) is 40.2 Å². The highest BCUT2D eigenvalue weighted by atomic mass is 16.5. The molecule has 1 N–H and O–H groups in total. The molecule has 1 fully saturated rings. The number of aromatic nitrogens is 3. The minimum atomic E-state index is -0.415. The Kier molecular flexibility index (Phi) is 6.04. The van der Waals surface area contributed by atoms with E-state index < -0.39 is 5.92 Å². The van der Waals surface area contributed by atoms with Gasteiger partial charge in [0.25, 0.3) is 0 Å². The Morgan fingerprint density at radius 1 is 1.09 bits per heavy atom. The van der Waals surface area contributed by atoms with Crippen molar-refractivity contribution in [3.8, 4) is 17.1 Å². The molecule has 1 saturated heterocycles. The molecule has 8 heteroatoms. The largest absolute Gasteiger partial charge is 0.497 e. The van der Waals surface area contributed by atoms with Crippen LogP contribution in [0.25, 0.3) is 11.4 Å². The Bertz CT molecular complexity index is 1220. The molecule has 2 aliphatic rings. The standard InChI is InChI=1S/C26H29N5O3/c1-17-7-8-18(25-29-28-23-6-4-3-5-13-30(23)25)14-22(17)27-26(33)19-15-24(32)31(16-19)20-9-11-21(34-2)12-10-20/h7-12,14,19H,3-6,13,15-16H2,1-2H3,(H,27,33). The quantitative estimate of drug-likeness (QED) is 0.623. The molecule has 5 rings (SSSR count). The zero-order valence-corrected chi connectivity index (χ0v) is 19.6. The Labute approximate surface area is 198 Å². The average molecular weight is 460 g/mol. The molecule has 34 heavy (non-hydrogen) atoms. The van der Waals surface area contributed by atoms with Gasteiger partial charge in [0.15, 0.2) is 5.82 Å². The van der Waals surface area contributed by atoms with Crippen LogP contribution in [0.3, 0.4) is 0 Å². The van der Waals surface area contributed by atoms with Crippen LogP contribution in [0.4, 0.5) is 11.4 Å². The van der Waals surface area contributed by atoms with E-state index in [1.807, 2.05) is 49.4 Å². The van der Waals surface area contributed by atoms with Crippen LogP contribution in [0.2, 0.25) is 0 Å². The lowest BCUT2D eigenvalue weighted by atomic mass is 10.1. The topological polar surface area (TPSA) is 89.3 Å². The third kappa shape index (κ3) is 4.27. The van der Waals surface area contributed by atoms with Gasteiger partial charge in [-0.1, -0.05) is 18.6 Å². The van der Waals surface area contributed by atoms with Crippen molar-refractivity contribution in [2.45, 2.75) is 45.6 Å². The third-order valence-electron chi connectivity index (χ3n) is 6.74. The molecule has 0 radical (unpaired) electrons. The number of rotatable bonds is 5. The van der Waals surface area contributed by atoms with Crippen LogP contribution in [0.5, 0.6) is 5.75 Å². The first-order valence-corrected chi connectivity index (χ1v) is 11.8. The first-order chi connectivity index (χ1) is 16.5. The van der Waals surface area contributed by atoms with Crippen molar-refractivity contribution >= 4 is 23.2 Å². The number of anilines is 2. The van der Waals surface area contributed by atoms with E-state index in [1.54, 1.807) is 12.0 Å². The van der Waals surface area contributed by atoms with Gasteiger partial charge >= 0.3 is 0 Å². The molecule has 0 saturated carbocycles. The number of amides is 2. The van der Waals surface area contributed by atoms with Gasteiger partial charge in [0.2, 0.25) is 11.8 Å². The lowest BCUT2D eigenvalue weighted by Gasteiger charge is -2.17. The third-order valence-corrected chi connectivity index (χ3v) is 6.74. The van der Waals surface area contributed by atoms with Gasteiger partial charge in [-0.25, -0.2) is 0 Å². The van der Waals surface area contributed by atoms with Crippen molar-refractivity contribution in [2.24, 2.45) is 5.92 Å². The Balaban J connectivity index is 1.32. The lowest BCUT2D eigenvalue weighted by molar-refractivity contribution is -0.122. The second kappa shape index (κ2) is 9.29. The van der Waals surface area contributed by atoms with Crippen LogP contribution in [-0.2, 0) is 22.6 Å². The van der Waals surface area contributed by atoms with Crippen molar-refractivity contribution < 1.29 is 14.3 Å². The summed E-state index contributed by atoms with van der Waals surface area (Å²) < 4.78 is 7.39. The lowest BCUT2D eigenvalue weighted by Crippen LogP contribution is -2.28. The average Bonchev–Trinajstić information content (AvgIpc) is 3.36. The smallest absolute Gasteiger partial charge is 0.229 e. The fourth-order valence-corrected chi connectivity index (χ4v) is 4.72. The second-order valence-electron chi connectivity index (χ2n) is 9.02. The van der Waals surface area contributed by atoms with Gasteiger partial charge in [-0.2, -0.15) is 0 Å². The molecule has 1 aromatic heterocycles. The van der Waals surface area contributed by atoms with E-state index >= 15 is 0 Å². The van der Waals surface area contributed by atoms with Gasteiger partial charge < -0.3 is 19.5 Å². The van der Waals surface area contributed by atoms with E-state index in [4.69, 9.17) is 4.74 Å². The summed E-state index contributed by atoms with van der Waals surface area (Å²) in [5, 5.41) is 11.9. The highest BCUT2D eigenvalue weighted by molar-refractivity contribution is 6.03. The van der Waals surface area contributed by atoms with Gasteiger partial charge in [-0.05, 0) is 55.7 Å². The number of hydrogen-bond donors (Lipinski definition) is 1. The van der Waals surface area contributed by atoms with E-state index in [0.29, 0.717) is 6.54 Å². The highest BCUT2D eigenvalue weighted by Crippen LogP contribution is 2.30. The number of nitrogens with one attached hydrogen (secondary N) is 1. The second-order valence-corrected chi connectivity index (χ2v) is 9.02. The van der Waals surface area contributed by atoms with Crippen LogP contribution in [0.15, 0.2) is 42.5 Å². The summed E-state index contributed by atoms with van der Waals surface area (Å²) in [6.07, 6.45) is 4.59. The molecular formula is C26H29N5O3. The van der Waals surface area contributed by atoms with E-state index in [9.17, 15) is 9.59 Å². The highest BCUT2D eigenvalue weighted by Gasteiger charge is 2.35. The first kappa shape index (κ1) is 22.1. The van der Waals surface area contributed by atoms with Gasteiger partial charge in [-0.3, -0.25) is 9.59 Å². The molecule has 0 bridgehead atoms. The maximum Gasteiger partial charge on any atom is 0.229 e. The summed E-state index contributed by atoms with van der Waals surface area (Å²) in [6, 6.07) is 13.3. The Morgan fingerprint density at radius 2 is 1.91 bits per heavy atom. The molecule has 1 unspecified atom stereocenters. The minimum absolute atomic E-state index is 0.0538. The molecule has 8 nitrogen and oxygen atoms in total. The number of ether oxygens (including phenoxy) is 1. The number of fused-ring (bicyclic) bond motifs is 1. The summed E-state index contributed by atoms with van der Waals surface area (Å²) in [7, 11) is 1.60. The summed E-state index contributed by atoms with van der Waals surface area (Å²) in [5.41, 5.74) is 3.41. The maximum absolute atomic E-state index is 13.1. The van der Waals surface area contributed by atoms with Crippen LogP contribution in [0, 0.1) is 12.8 Å². The molecule has 1 atom stereocenters. The number of methoxy groups -OCH3 is 1. The Hall–Kier alpha value is -3.68. The SMILES string of the molecule is COc1ccc(N2CC(C(=O)Nc3cc(-c4nnc5n4CCCCC5)ccc3C)CC2=O)cc1.